The number of anilines is 2. The summed E-state index contributed by atoms with van der Waals surface area (Å²) in [6, 6.07) is 12.3. The number of hydrogen-bond acceptors (Lipinski definition) is 8. The highest BCUT2D eigenvalue weighted by Gasteiger charge is 2.37. The van der Waals surface area contributed by atoms with Crippen molar-refractivity contribution < 1.29 is 18.7 Å². The Morgan fingerprint density at radius 3 is 2.62 bits per heavy atom. The molecule has 3 aliphatic rings. The maximum atomic E-state index is 13.6. The van der Waals surface area contributed by atoms with E-state index in [0.29, 0.717) is 61.3 Å². The van der Waals surface area contributed by atoms with Gasteiger partial charge in [-0.2, -0.15) is 9.97 Å². The van der Waals surface area contributed by atoms with Crippen LogP contribution >= 0.6 is 11.6 Å². The van der Waals surface area contributed by atoms with Crippen LogP contribution in [0.4, 0.5) is 16.0 Å². The molecule has 0 N–H and O–H groups in total. The standard InChI is InChI=1S/C31H36ClFN6O3/c1-19-16-38(30(40)20(2)33)14-15-39(19)29-27-28(34-31(35-29)42-17-22-10-7-13-36(22)3)37(4)25(18-41-27)23-11-5-8-21-9-6-12-24(32)26(21)23/h5-6,8-9,11-12,19,22,25H,2,7,10,13-18H2,1,3-4H3/t19-,22-,25?/m0/s1. The molecule has 0 aliphatic carbocycles. The maximum Gasteiger partial charge on any atom is 0.320 e. The third-order valence-corrected chi connectivity index (χ3v) is 9.05. The van der Waals surface area contributed by atoms with Crippen molar-refractivity contribution in [2.45, 2.75) is 37.9 Å². The van der Waals surface area contributed by atoms with E-state index in [1.54, 1.807) is 0 Å². The van der Waals surface area contributed by atoms with Gasteiger partial charge in [0.25, 0.3) is 5.91 Å². The maximum absolute atomic E-state index is 13.6. The summed E-state index contributed by atoms with van der Waals surface area (Å²) >= 11 is 6.69. The molecule has 0 saturated carbocycles. The van der Waals surface area contributed by atoms with Crippen molar-refractivity contribution in [1.82, 2.24) is 19.8 Å². The Morgan fingerprint density at radius 1 is 1.14 bits per heavy atom. The Morgan fingerprint density at radius 2 is 1.90 bits per heavy atom. The van der Waals surface area contributed by atoms with Crippen molar-refractivity contribution in [2.75, 3.05) is 63.3 Å². The second kappa shape index (κ2) is 11.6. The molecule has 6 rings (SSSR count). The van der Waals surface area contributed by atoms with Gasteiger partial charge in [0.15, 0.2) is 17.5 Å². The summed E-state index contributed by atoms with van der Waals surface area (Å²) in [7, 11) is 4.11. The lowest BCUT2D eigenvalue weighted by Crippen LogP contribution is -2.54. The largest absolute Gasteiger partial charge is 0.484 e. The first kappa shape index (κ1) is 28.5. The van der Waals surface area contributed by atoms with Crippen molar-refractivity contribution in [3.8, 4) is 11.8 Å². The molecule has 222 valence electrons. The Bertz CT molecular complexity index is 1520. The van der Waals surface area contributed by atoms with E-state index in [1.165, 1.54) is 4.90 Å². The lowest BCUT2D eigenvalue weighted by Gasteiger charge is -2.42. The van der Waals surface area contributed by atoms with E-state index in [1.807, 2.05) is 32.2 Å². The molecule has 4 heterocycles. The number of likely N-dealkylation sites (N-methyl/N-ethyl adjacent to an activating group) is 2. The highest BCUT2D eigenvalue weighted by molar-refractivity contribution is 6.35. The van der Waals surface area contributed by atoms with Gasteiger partial charge in [-0.1, -0.05) is 48.5 Å². The van der Waals surface area contributed by atoms with E-state index in [9.17, 15) is 9.18 Å². The minimum absolute atomic E-state index is 0.153. The van der Waals surface area contributed by atoms with Crippen LogP contribution in [-0.2, 0) is 4.79 Å². The first-order chi connectivity index (χ1) is 20.2. The summed E-state index contributed by atoms with van der Waals surface area (Å²) in [6.45, 7) is 8.17. The molecule has 0 radical (unpaired) electrons. The molecule has 9 nitrogen and oxygen atoms in total. The second-order valence-corrected chi connectivity index (χ2v) is 11.8. The van der Waals surface area contributed by atoms with Crippen molar-refractivity contribution in [2.24, 2.45) is 0 Å². The van der Waals surface area contributed by atoms with Gasteiger partial charge in [-0.15, -0.1) is 0 Å². The first-order valence-corrected chi connectivity index (χ1v) is 14.8. The van der Waals surface area contributed by atoms with Gasteiger partial charge in [0.05, 0.1) is 6.04 Å². The van der Waals surface area contributed by atoms with E-state index in [2.05, 4.69) is 46.5 Å². The molecular weight excluding hydrogens is 559 g/mol. The molecule has 3 atom stereocenters. The number of likely N-dealkylation sites (tertiary alicyclic amines) is 1. The molecule has 3 aromatic rings. The number of hydrogen-bond donors (Lipinski definition) is 0. The van der Waals surface area contributed by atoms with Crippen molar-refractivity contribution in [3.63, 3.8) is 0 Å². The van der Waals surface area contributed by atoms with Gasteiger partial charge in [-0.25, -0.2) is 4.39 Å². The van der Waals surface area contributed by atoms with E-state index >= 15 is 0 Å². The summed E-state index contributed by atoms with van der Waals surface area (Å²) in [5.41, 5.74) is 1.05. The zero-order valence-electron chi connectivity index (χ0n) is 24.2. The zero-order chi connectivity index (χ0) is 29.5. The molecule has 42 heavy (non-hydrogen) atoms. The van der Waals surface area contributed by atoms with Gasteiger partial charge in [0.2, 0.25) is 5.75 Å². The lowest BCUT2D eigenvalue weighted by molar-refractivity contribution is -0.129. The molecule has 11 heteroatoms. The number of aromatic nitrogens is 2. The number of rotatable bonds is 6. The Labute approximate surface area is 250 Å². The Kier molecular flexibility index (Phi) is 7.85. The Balaban J connectivity index is 1.36. The smallest absolute Gasteiger partial charge is 0.320 e. The zero-order valence-corrected chi connectivity index (χ0v) is 25.0. The molecule has 0 bridgehead atoms. The van der Waals surface area contributed by atoms with Gasteiger partial charge in [0.1, 0.15) is 13.2 Å². The second-order valence-electron chi connectivity index (χ2n) is 11.4. The van der Waals surface area contributed by atoms with Crippen LogP contribution in [0.15, 0.2) is 48.8 Å². The van der Waals surface area contributed by atoms with Gasteiger partial charge in [-0.3, -0.25) is 4.79 Å². The fraction of sp³-hybridized carbons (Fsp3) is 0.452. The number of nitrogens with zero attached hydrogens (tertiary/aromatic N) is 6. The SMILES string of the molecule is C=C(F)C(=O)N1CCN(c2nc(OC[C@@H]3CCCN3C)nc3c2OCC(c2cccc4cccc(Cl)c24)N3C)[C@@H](C)C1. The number of amides is 1. The summed E-state index contributed by atoms with van der Waals surface area (Å²) in [5, 5.41) is 2.74. The van der Waals surface area contributed by atoms with Crippen molar-refractivity contribution in [3.05, 3.63) is 59.4 Å². The van der Waals surface area contributed by atoms with Crippen LogP contribution < -0.4 is 19.3 Å². The molecule has 0 spiro atoms. The van der Waals surface area contributed by atoms with E-state index in [-0.39, 0.29) is 18.1 Å². The number of ether oxygens (including phenoxy) is 2. The quantitative estimate of drug-likeness (QED) is 0.375. The van der Waals surface area contributed by atoms with Crippen LogP contribution in [0, 0.1) is 0 Å². The average Bonchev–Trinajstić information content (AvgIpc) is 3.40. The average molecular weight is 595 g/mol. The van der Waals surface area contributed by atoms with Crippen molar-refractivity contribution in [1.29, 1.82) is 0 Å². The monoisotopic (exact) mass is 594 g/mol. The molecule has 1 amide bonds. The topological polar surface area (TPSA) is 74.3 Å². The normalized spacial score (nSPS) is 22.7. The summed E-state index contributed by atoms with van der Waals surface area (Å²) < 4.78 is 26.3. The van der Waals surface area contributed by atoms with E-state index < -0.39 is 11.7 Å². The predicted molar refractivity (Wildman–Crippen MR) is 162 cm³/mol. The Hall–Kier alpha value is -3.63. The van der Waals surface area contributed by atoms with E-state index in [0.717, 1.165) is 35.7 Å². The van der Waals surface area contributed by atoms with E-state index in [4.69, 9.17) is 31.0 Å². The minimum Gasteiger partial charge on any atom is -0.484 e. The molecule has 2 aromatic carbocycles. The summed E-state index contributed by atoms with van der Waals surface area (Å²) in [4.78, 5) is 30.0. The highest BCUT2D eigenvalue weighted by Crippen LogP contribution is 2.45. The minimum atomic E-state index is -0.952. The van der Waals surface area contributed by atoms with Crippen LogP contribution in [-0.4, -0.2) is 91.2 Å². The molecular formula is C31H36ClFN6O3. The third kappa shape index (κ3) is 5.22. The number of fused-ring (bicyclic) bond motifs is 2. The van der Waals surface area contributed by atoms with Gasteiger partial charge in [-0.05, 0) is 50.4 Å². The lowest BCUT2D eigenvalue weighted by atomic mass is 9.97. The summed E-state index contributed by atoms with van der Waals surface area (Å²) in [5.74, 6) is 0.162. The van der Waals surface area contributed by atoms with Crippen LogP contribution in [0.3, 0.4) is 0 Å². The van der Waals surface area contributed by atoms with Gasteiger partial charge >= 0.3 is 6.01 Å². The van der Waals surface area contributed by atoms with Gasteiger partial charge < -0.3 is 29.1 Å². The molecule has 3 aliphatic heterocycles. The molecule has 2 fully saturated rings. The number of carbonyl (C=O) groups is 1. The first-order valence-electron chi connectivity index (χ1n) is 14.4. The number of halogens is 2. The molecule has 2 saturated heterocycles. The van der Waals surface area contributed by atoms with Crippen molar-refractivity contribution >= 4 is 39.9 Å². The van der Waals surface area contributed by atoms with Gasteiger partial charge in [0, 0.05) is 49.2 Å². The predicted octanol–water partition coefficient (Wildman–Crippen LogP) is 4.85. The van der Waals surface area contributed by atoms with Crippen LogP contribution in [0.5, 0.6) is 11.8 Å². The molecule has 1 unspecified atom stereocenters. The molecule has 1 aromatic heterocycles. The fourth-order valence-corrected chi connectivity index (χ4v) is 6.64. The number of benzene rings is 2. The third-order valence-electron chi connectivity index (χ3n) is 8.74. The highest BCUT2D eigenvalue weighted by atomic mass is 35.5. The van der Waals surface area contributed by atoms with Crippen LogP contribution in [0.1, 0.15) is 31.4 Å². The van der Waals surface area contributed by atoms with Crippen LogP contribution in [0.2, 0.25) is 5.02 Å². The van der Waals surface area contributed by atoms with Crippen LogP contribution in [0.25, 0.3) is 10.8 Å². The number of piperazine rings is 1. The fourth-order valence-electron chi connectivity index (χ4n) is 6.34. The summed E-state index contributed by atoms with van der Waals surface area (Å²) in [6.07, 6.45) is 2.20. The number of carbonyl (C=O) groups excluding carboxylic acids is 1.